The second-order valence-corrected chi connectivity index (χ2v) is 3.44. The van der Waals surface area contributed by atoms with Crippen LogP contribution >= 0.6 is 0 Å². The van der Waals surface area contributed by atoms with E-state index < -0.39 is 0 Å². The highest BCUT2D eigenvalue weighted by atomic mass is 16.5. The molecule has 3 rings (SSSR count). The average Bonchev–Trinajstić information content (AvgIpc) is 2.74. The molecule has 2 aromatic rings. The van der Waals surface area contributed by atoms with E-state index in [1.54, 1.807) is 12.4 Å². The van der Waals surface area contributed by atoms with Crippen molar-refractivity contribution in [2.75, 3.05) is 31.2 Å². The van der Waals surface area contributed by atoms with Gasteiger partial charge in [0, 0.05) is 25.4 Å². The van der Waals surface area contributed by atoms with Gasteiger partial charge in [0.15, 0.2) is 5.58 Å². The number of nitrogens with zero attached hydrogens (tertiary/aromatic N) is 3. The zero-order chi connectivity index (χ0) is 10.1. The Morgan fingerprint density at radius 2 is 2.13 bits per heavy atom. The predicted octanol–water partition coefficient (Wildman–Crippen LogP) is 1.06. The van der Waals surface area contributed by atoms with Crippen molar-refractivity contribution in [2.24, 2.45) is 0 Å². The van der Waals surface area contributed by atoms with Crippen molar-refractivity contribution in [1.82, 2.24) is 9.97 Å². The second-order valence-electron chi connectivity index (χ2n) is 3.44. The lowest BCUT2D eigenvalue weighted by Crippen LogP contribution is -2.36. The number of anilines is 1. The zero-order valence-corrected chi connectivity index (χ0v) is 8.22. The van der Waals surface area contributed by atoms with Crippen LogP contribution in [0, 0.1) is 0 Å². The Labute approximate surface area is 86.7 Å². The van der Waals surface area contributed by atoms with Gasteiger partial charge in [0.25, 0.3) is 6.01 Å². The van der Waals surface area contributed by atoms with Crippen molar-refractivity contribution in [2.45, 2.75) is 0 Å². The maximum atomic E-state index is 5.63. The number of rotatable bonds is 1. The Bertz CT molecular complexity index is 429. The summed E-state index contributed by atoms with van der Waals surface area (Å²) in [6, 6.07) is 2.49. The van der Waals surface area contributed by atoms with Crippen molar-refractivity contribution in [3.8, 4) is 0 Å². The van der Waals surface area contributed by atoms with Crippen molar-refractivity contribution in [3.05, 3.63) is 18.5 Å². The third kappa shape index (κ3) is 1.55. The predicted molar refractivity (Wildman–Crippen MR) is 54.8 cm³/mol. The average molecular weight is 205 g/mol. The number of hydrogen-bond acceptors (Lipinski definition) is 5. The Kier molecular flexibility index (Phi) is 2.03. The third-order valence-electron chi connectivity index (χ3n) is 2.46. The molecule has 2 aromatic heterocycles. The molecule has 1 fully saturated rings. The Hall–Kier alpha value is -1.62. The molecule has 0 atom stereocenters. The Morgan fingerprint density at radius 1 is 1.27 bits per heavy atom. The highest BCUT2D eigenvalue weighted by Gasteiger charge is 2.16. The van der Waals surface area contributed by atoms with Crippen LogP contribution in [0.2, 0.25) is 0 Å². The van der Waals surface area contributed by atoms with Gasteiger partial charge in [0.2, 0.25) is 0 Å². The molecule has 0 saturated carbocycles. The monoisotopic (exact) mass is 205 g/mol. The van der Waals surface area contributed by atoms with E-state index in [1.165, 1.54) is 0 Å². The fourth-order valence-corrected chi connectivity index (χ4v) is 1.66. The fraction of sp³-hybridized carbons (Fsp3) is 0.400. The SMILES string of the molecule is c1cc2oc(N3CCOCC3)nc2cn1. The number of pyridine rings is 1. The number of oxazole rings is 1. The number of morpholine rings is 1. The second kappa shape index (κ2) is 3.51. The summed E-state index contributed by atoms with van der Waals surface area (Å²) in [6.45, 7) is 3.13. The summed E-state index contributed by atoms with van der Waals surface area (Å²) in [5.41, 5.74) is 1.59. The highest BCUT2D eigenvalue weighted by molar-refractivity contribution is 5.73. The van der Waals surface area contributed by atoms with Crippen LogP contribution in [0.5, 0.6) is 0 Å². The van der Waals surface area contributed by atoms with Crippen LogP contribution in [0.15, 0.2) is 22.9 Å². The van der Waals surface area contributed by atoms with Crippen molar-refractivity contribution in [1.29, 1.82) is 0 Å². The number of aromatic nitrogens is 2. The zero-order valence-electron chi connectivity index (χ0n) is 8.22. The van der Waals surface area contributed by atoms with E-state index in [4.69, 9.17) is 9.15 Å². The first-order chi connectivity index (χ1) is 7.43. The van der Waals surface area contributed by atoms with Gasteiger partial charge in [-0.1, -0.05) is 0 Å². The molecule has 78 valence electrons. The maximum absolute atomic E-state index is 5.63. The van der Waals surface area contributed by atoms with E-state index in [-0.39, 0.29) is 0 Å². The van der Waals surface area contributed by atoms with Crippen LogP contribution in [0.25, 0.3) is 11.1 Å². The quantitative estimate of drug-likeness (QED) is 0.696. The smallest absolute Gasteiger partial charge is 0.298 e. The van der Waals surface area contributed by atoms with E-state index in [1.807, 2.05) is 6.07 Å². The maximum Gasteiger partial charge on any atom is 0.298 e. The summed E-state index contributed by atoms with van der Waals surface area (Å²) in [4.78, 5) is 10.5. The summed E-state index contributed by atoms with van der Waals surface area (Å²) in [7, 11) is 0. The molecule has 0 spiro atoms. The lowest BCUT2D eigenvalue weighted by molar-refractivity contribution is 0.120. The van der Waals surface area contributed by atoms with E-state index in [0.29, 0.717) is 6.01 Å². The number of ether oxygens (including phenoxy) is 1. The van der Waals surface area contributed by atoms with Gasteiger partial charge < -0.3 is 14.1 Å². The largest absolute Gasteiger partial charge is 0.423 e. The van der Waals surface area contributed by atoms with Crippen molar-refractivity contribution < 1.29 is 9.15 Å². The molecular weight excluding hydrogens is 194 g/mol. The molecule has 5 nitrogen and oxygen atoms in total. The van der Waals surface area contributed by atoms with Gasteiger partial charge in [-0.25, -0.2) is 0 Å². The van der Waals surface area contributed by atoms with Gasteiger partial charge >= 0.3 is 0 Å². The molecule has 0 aliphatic carbocycles. The first kappa shape index (κ1) is 8.67. The lowest BCUT2D eigenvalue weighted by atomic mass is 10.4. The summed E-state index contributed by atoms with van der Waals surface area (Å²) in [5.74, 6) is 0. The molecule has 0 aromatic carbocycles. The Morgan fingerprint density at radius 3 is 2.93 bits per heavy atom. The molecule has 1 saturated heterocycles. The van der Waals surface area contributed by atoms with Gasteiger partial charge in [0.05, 0.1) is 19.4 Å². The molecule has 0 bridgehead atoms. The van der Waals surface area contributed by atoms with Gasteiger partial charge in [-0.15, -0.1) is 0 Å². The molecule has 3 heterocycles. The van der Waals surface area contributed by atoms with Crippen LogP contribution in [0.4, 0.5) is 6.01 Å². The third-order valence-corrected chi connectivity index (χ3v) is 2.46. The molecule has 1 aliphatic heterocycles. The van der Waals surface area contributed by atoms with Gasteiger partial charge in [0.1, 0.15) is 5.52 Å². The molecular formula is C10H11N3O2. The topological polar surface area (TPSA) is 51.4 Å². The molecule has 5 heteroatoms. The first-order valence-corrected chi connectivity index (χ1v) is 4.97. The molecule has 0 N–H and O–H groups in total. The minimum Gasteiger partial charge on any atom is -0.423 e. The summed E-state index contributed by atoms with van der Waals surface area (Å²) in [6.07, 6.45) is 3.42. The van der Waals surface area contributed by atoms with Crippen LogP contribution in [0.3, 0.4) is 0 Å². The van der Waals surface area contributed by atoms with E-state index >= 15 is 0 Å². The highest BCUT2D eigenvalue weighted by Crippen LogP contribution is 2.21. The molecule has 0 radical (unpaired) electrons. The summed E-state index contributed by atoms with van der Waals surface area (Å²) in [5, 5.41) is 0. The molecule has 15 heavy (non-hydrogen) atoms. The van der Waals surface area contributed by atoms with E-state index in [0.717, 1.165) is 37.4 Å². The standard InChI is InChI=1S/C10H11N3O2/c1-2-11-7-8-9(1)15-10(12-8)13-3-5-14-6-4-13/h1-2,7H,3-6H2. The Balaban J connectivity index is 1.96. The van der Waals surface area contributed by atoms with Crippen LogP contribution in [0.1, 0.15) is 0 Å². The summed E-state index contributed by atoms with van der Waals surface area (Å²) >= 11 is 0. The fourth-order valence-electron chi connectivity index (χ4n) is 1.66. The van der Waals surface area contributed by atoms with Crippen molar-refractivity contribution >= 4 is 17.1 Å². The summed E-state index contributed by atoms with van der Waals surface area (Å²) < 4.78 is 10.9. The lowest BCUT2D eigenvalue weighted by Gasteiger charge is -2.24. The number of fused-ring (bicyclic) bond motifs is 1. The molecule has 0 unspecified atom stereocenters. The normalized spacial score (nSPS) is 17.2. The van der Waals surface area contributed by atoms with Crippen LogP contribution in [-0.2, 0) is 4.74 Å². The van der Waals surface area contributed by atoms with E-state index in [2.05, 4.69) is 14.9 Å². The minimum absolute atomic E-state index is 0.668. The minimum atomic E-state index is 0.668. The molecule has 1 aliphatic rings. The first-order valence-electron chi connectivity index (χ1n) is 4.97. The van der Waals surface area contributed by atoms with E-state index in [9.17, 15) is 0 Å². The van der Waals surface area contributed by atoms with Crippen LogP contribution in [-0.4, -0.2) is 36.3 Å². The van der Waals surface area contributed by atoms with Gasteiger partial charge in [-0.3, -0.25) is 4.98 Å². The van der Waals surface area contributed by atoms with Gasteiger partial charge in [-0.05, 0) is 0 Å². The van der Waals surface area contributed by atoms with Gasteiger partial charge in [-0.2, -0.15) is 4.98 Å². The van der Waals surface area contributed by atoms with Crippen molar-refractivity contribution in [3.63, 3.8) is 0 Å². The number of hydrogen-bond donors (Lipinski definition) is 0. The van der Waals surface area contributed by atoms with Crippen LogP contribution < -0.4 is 4.90 Å². The molecule has 0 amide bonds.